The van der Waals surface area contributed by atoms with Crippen molar-refractivity contribution in [1.29, 1.82) is 0 Å². The number of hydrogen-bond donors (Lipinski definition) is 1. The second kappa shape index (κ2) is 6.07. The highest BCUT2D eigenvalue weighted by atomic mass is 35.5. The van der Waals surface area contributed by atoms with Crippen LogP contribution >= 0.6 is 23.2 Å². The first-order valence-corrected chi connectivity index (χ1v) is 6.56. The molecule has 1 unspecified atom stereocenters. The van der Waals surface area contributed by atoms with Crippen LogP contribution in [0.1, 0.15) is 18.5 Å². The van der Waals surface area contributed by atoms with Crippen LogP contribution in [0.2, 0.25) is 10.2 Å². The van der Waals surface area contributed by atoms with Crippen LogP contribution in [0.25, 0.3) is 0 Å². The second-order valence-corrected chi connectivity index (χ2v) is 4.94. The fraction of sp³-hybridized carbons (Fsp3) is 0.154. The van der Waals surface area contributed by atoms with Gasteiger partial charge in [0.2, 0.25) is 5.82 Å². The SMILES string of the molecule is CC(Nc1nc(Cl)ccc1[N+](=O)[O-])c1ccccc1Cl. The summed E-state index contributed by atoms with van der Waals surface area (Å²) in [5, 5.41) is 14.7. The number of anilines is 1. The van der Waals surface area contributed by atoms with Crippen molar-refractivity contribution in [1.82, 2.24) is 4.98 Å². The molecule has 1 N–H and O–H groups in total. The van der Waals surface area contributed by atoms with E-state index in [0.29, 0.717) is 5.02 Å². The topological polar surface area (TPSA) is 68.1 Å². The summed E-state index contributed by atoms with van der Waals surface area (Å²) in [6.45, 7) is 1.84. The highest BCUT2D eigenvalue weighted by Gasteiger charge is 2.19. The number of hydrogen-bond acceptors (Lipinski definition) is 4. The molecule has 0 saturated heterocycles. The van der Waals surface area contributed by atoms with Gasteiger partial charge in [0.05, 0.1) is 11.0 Å². The molecule has 0 aliphatic carbocycles. The molecule has 0 aliphatic rings. The molecule has 0 aliphatic heterocycles. The van der Waals surface area contributed by atoms with E-state index in [1.54, 1.807) is 6.07 Å². The maximum atomic E-state index is 11.0. The van der Waals surface area contributed by atoms with Crippen molar-refractivity contribution < 1.29 is 4.92 Å². The van der Waals surface area contributed by atoms with Crippen LogP contribution in [-0.4, -0.2) is 9.91 Å². The first-order valence-electron chi connectivity index (χ1n) is 5.81. The van der Waals surface area contributed by atoms with E-state index < -0.39 is 4.92 Å². The van der Waals surface area contributed by atoms with Gasteiger partial charge in [0, 0.05) is 11.1 Å². The minimum Gasteiger partial charge on any atom is -0.358 e. The number of pyridine rings is 1. The maximum absolute atomic E-state index is 11.0. The molecule has 5 nitrogen and oxygen atoms in total. The molecule has 1 atom stereocenters. The summed E-state index contributed by atoms with van der Waals surface area (Å²) < 4.78 is 0. The summed E-state index contributed by atoms with van der Waals surface area (Å²) in [4.78, 5) is 14.4. The quantitative estimate of drug-likeness (QED) is 0.514. The van der Waals surface area contributed by atoms with Crippen LogP contribution in [0.4, 0.5) is 11.5 Å². The number of nitro groups is 1. The molecule has 0 amide bonds. The summed E-state index contributed by atoms with van der Waals surface area (Å²) in [5.74, 6) is 0.120. The third-order valence-electron chi connectivity index (χ3n) is 2.76. The second-order valence-electron chi connectivity index (χ2n) is 4.15. The van der Waals surface area contributed by atoms with E-state index in [9.17, 15) is 10.1 Å². The van der Waals surface area contributed by atoms with Crippen molar-refractivity contribution in [2.24, 2.45) is 0 Å². The molecule has 2 aromatic rings. The van der Waals surface area contributed by atoms with E-state index in [1.807, 2.05) is 25.1 Å². The summed E-state index contributed by atoms with van der Waals surface area (Å²) >= 11 is 11.9. The molecular formula is C13H11Cl2N3O2. The monoisotopic (exact) mass is 311 g/mol. The average molecular weight is 312 g/mol. The van der Waals surface area contributed by atoms with Crippen molar-refractivity contribution in [3.05, 3.63) is 62.3 Å². The molecule has 0 spiro atoms. The zero-order valence-electron chi connectivity index (χ0n) is 10.5. The fourth-order valence-corrected chi connectivity index (χ4v) is 2.24. The Morgan fingerprint density at radius 1 is 1.25 bits per heavy atom. The molecule has 2 rings (SSSR count). The van der Waals surface area contributed by atoms with Gasteiger partial charge in [0.15, 0.2) is 0 Å². The summed E-state index contributed by atoms with van der Waals surface area (Å²) in [5.41, 5.74) is 0.693. The van der Waals surface area contributed by atoms with Gasteiger partial charge in [-0.3, -0.25) is 10.1 Å². The Balaban J connectivity index is 2.32. The van der Waals surface area contributed by atoms with Crippen LogP contribution < -0.4 is 5.32 Å². The molecule has 1 aromatic carbocycles. The number of aromatic nitrogens is 1. The molecule has 20 heavy (non-hydrogen) atoms. The first kappa shape index (κ1) is 14.6. The Morgan fingerprint density at radius 2 is 1.95 bits per heavy atom. The summed E-state index contributed by atoms with van der Waals surface area (Å²) in [7, 11) is 0. The highest BCUT2D eigenvalue weighted by Crippen LogP contribution is 2.30. The van der Waals surface area contributed by atoms with Crippen LogP contribution in [-0.2, 0) is 0 Å². The fourth-order valence-electron chi connectivity index (χ4n) is 1.79. The van der Waals surface area contributed by atoms with E-state index in [2.05, 4.69) is 10.3 Å². The van der Waals surface area contributed by atoms with E-state index in [-0.39, 0.29) is 22.7 Å². The van der Waals surface area contributed by atoms with Crippen LogP contribution in [0.3, 0.4) is 0 Å². The molecule has 104 valence electrons. The molecule has 1 aromatic heterocycles. The van der Waals surface area contributed by atoms with Gasteiger partial charge in [0.25, 0.3) is 0 Å². The molecule has 0 bridgehead atoms. The Labute approximate surface area is 125 Å². The standard InChI is InChI=1S/C13H11Cl2N3O2/c1-8(9-4-2-3-5-10(9)14)16-13-11(18(19)20)6-7-12(15)17-13/h2-8H,1H3,(H,16,17). The van der Waals surface area contributed by atoms with E-state index in [4.69, 9.17) is 23.2 Å². The lowest BCUT2D eigenvalue weighted by molar-refractivity contribution is -0.384. The third kappa shape index (κ3) is 3.18. The van der Waals surface area contributed by atoms with Crippen LogP contribution in [0.15, 0.2) is 36.4 Å². The van der Waals surface area contributed by atoms with Crippen molar-refractivity contribution in [3.8, 4) is 0 Å². The number of rotatable bonds is 4. The van der Waals surface area contributed by atoms with Gasteiger partial charge in [-0.05, 0) is 24.6 Å². The zero-order valence-corrected chi connectivity index (χ0v) is 12.0. The Kier molecular flexibility index (Phi) is 4.42. The van der Waals surface area contributed by atoms with Gasteiger partial charge in [-0.2, -0.15) is 0 Å². The number of benzene rings is 1. The smallest absolute Gasteiger partial charge is 0.311 e. The maximum Gasteiger partial charge on any atom is 0.311 e. The van der Waals surface area contributed by atoms with Gasteiger partial charge in [-0.25, -0.2) is 4.98 Å². The number of halogens is 2. The molecule has 0 saturated carbocycles. The van der Waals surface area contributed by atoms with Crippen molar-refractivity contribution in [2.75, 3.05) is 5.32 Å². The lowest BCUT2D eigenvalue weighted by Crippen LogP contribution is -2.10. The van der Waals surface area contributed by atoms with Crippen LogP contribution in [0.5, 0.6) is 0 Å². The third-order valence-corrected chi connectivity index (χ3v) is 3.32. The Morgan fingerprint density at radius 3 is 2.60 bits per heavy atom. The Hall–Kier alpha value is -1.85. The summed E-state index contributed by atoms with van der Waals surface area (Å²) in [6, 6.07) is 9.72. The average Bonchev–Trinajstić information content (AvgIpc) is 2.38. The van der Waals surface area contributed by atoms with E-state index >= 15 is 0 Å². The van der Waals surface area contributed by atoms with Gasteiger partial charge in [0.1, 0.15) is 5.15 Å². The summed E-state index contributed by atoms with van der Waals surface area (Å²) in [6.07, 6.45) is 0. The molecule has 0 fully saturated rings. The zero-order chi connectivity index (χ0) is 14.7. The lowest BCUT2D eigenvalue weighted by atomic mass is 10.1. The van der Waals surface area contributed by atoms with Gasteiger partial charge < -0.3 is 5.32 Å². The predicted molar refractivity (Wildman–Crippen MR) is 79.4 cm³/mol. The largest absolute Gasteiger partial charge is 0.358 e. The van der Waals surface area contributed by atoms with Gasteiger partial charge >= 0.3 is 5.69 Å². The minimum absolute atomic E-state index is 0.120. The number of nitrogens with zero attached hydrogens (tertiary/aromatic N) is 2. The van der Waals surface area contributed by atoms with Gasteiger partial charge in [-0.15, -0.1) is 0 Å². The molecular weight excluding hydrogens is 301 g/mol. The minimum atomic E-state index is -0.509. The van der Waals surface area contributed by atoms with Crippen molar-refractivity contribution in [2.45, 2.75) is 13.0 Å². The predicted octanol–water partition coefficient (Wildman–Crippen LogP) is 4.47. The molecule has 1 heterocycles. The van der Waals surface area contributed by atoms with E-state index in [0.717, 1.165) is 5.56 Å². The Bertz CT molecular complexity index is 649. The molecule has 0 radical (unpaired) electrons. The van der Waals surface area contributed by atoms with E-state index in [1.165, 1.54) is 12.1 Å². The van der Waals surface area contributed by atoms with Crippen LogP contribution in [0, 0.1) is 10.1 Å². The van der Waals surface area contributed by atoms with Gasteiger partial charge in [-0.1, -0.05) is 41.4 Å². The lowest BCUT2D eigenvalue weighted by Gasteiger charge is -2.16. The number of nitrogens with one attached hydrogen (secondary N) is 1. The molecule has 7 heteroatoms. The first-order chi connectivity index (χ1) is 9.49. The highest BCUT2D eigenvalue weighted by molar-refractivity contribution is 6.31. The normalized spacial score (nSPS) is 11.9. The van der Waals surface area contributed by atoms with Crippen molar-refractivity contribution >= 4 is 34.7 Å². The van der Waals surface area contributed by atoms with Crippen molar-refractivity contribution in [3.63, 3.8) is 0 Å².